The van der Waals surface area contributed by atoms with Gasteiger partial charge >= 0.3 is 5.97 Å². The second kappa shape index (κ2) is 5.38. The average Bonchev–Trinajstić information content (AvgIpc) is 2.78. The van der Waals surface area contributed by atoms with Crippen LogP contribution in [0.25, 0.3) is 0 Å². The molecule has 0 aromatic carbocycles. The third kappa shape index (κ3) is 3.01. The number of nitrogens with zero attached hydrogens (tertiary/aromatic N) is 2. The summed E-state index contributed by atoms with van der Waals surface area (Å²) in [5, 5.41) is 11.9. The number of hydrogen-bond acceptors (Lipinski definition) is 6. The highest BCUT2D eigenvalue weighted by molar-refractivity contribution is 5.88. The zero-order valence-electron chi connectivity index (χ0n) is 10.5. The number of nitrogens with one attached hydrogen (secondary N) is 1. The molecule has 7 heteroatoms. The Balaban J connectivity index is 2.06. The molecule has 0 amide bonds. The van der Waals surface area contributed by atoms with Gasteiger partial charge < -0.3 is 19.6 Å². The van der Waals surface area contributed by atoms with Gasteiger partial charge in [0.2, 0.25) is 5.88 Å². The number of anilines is 1. The Kier molecular flexibility index (Phi) is 3.65. The van der Waals surface area contributed by atoms with E-state index in [4.69, 9.17) is 14.3 Å². The van der Waals surface area contributed by atoms with E-state index in [1.165, 1.54) is 19.5 Å². The first-order chi connectivity index (χ1) is 9.10. The molecule has 0 fully saturated rings. The number of carboxylic acid groups (broad SMARTS) is 1. The van der Waals surface area contributed by atoms with E-state index in [0.29, 0.717) is 29.8 Å². The molecule has 0 radical (unpaired) electrons. The summed E-state index contributed by atoms with van der Waals surface area (Å²) in [5.74, 6) is 0.908. The summed E-state index contributed by atoms with van der Waals surface area (Å²) in [7, 11) is 1.52. The Bertz CT molecular complexity index is 594. The predicted molar refractivity (Wildman–Crippen MR) is 66.3 cm³/mol. The smallest absolute Gasteiger partial charge is 0.339 e. The van der Waals surface area contributed by atoms with Gasteiger partial charge in [-0.3, -0.25) is 0 Å². The summed E-state index contributed by atoms with van der Waals surface area (Å²) in [5.41, 5.74) is 0.164. The first kappa shape index (κ1) is 12.9. The van der Waals surface area contributed by atoms with Crippen LogP contribution in [0.3, 0.4) is 0 Å². The van der Waals surface area contributed by atoms with Crippen molar-refractivity contribution in [1.29, 1.82) is 0 Å². The van der Waals surface area contributed by atoms with Crippen LogP contribution < -0.4 is 10.1 Å². The third-order valence-electron chi connectivity index (χ3n) is 2.49. The van der Waals surface area contributed by atoms with E-state index in [-0.39, 0.29) is 5.56 Å². The normalized spacial score (nSPS) is 10.2. The molecule has 0 aliphatic heterocycles. The predicted octanol–water partition coefficient (Wildman–Crippen LogP) is 1.70. The van der Waals surface area contributed by atoms with Crippen LogP contribution in [0, 0.1) is 6.92 Å². The third-order valence-corrected chi connectivity index (χ3v) is 2.49. The average molecular weight is 263 g/mol. The molecule has 0 atom stereocenters. The summed E-state index contributed by atoms with van der Waals surface area (Å²) in [6, 6.07) is 3.12. The topological polar surface area (TPSA) is 97.5 Å². The molecule has 0 saturated carbocycles. The van der Waals surface area contributed by atoms with Gasteiger partial charge in [0.15, 0.2) is 0 Å². The SMILES string of the molecule is COc1cc(NCc2cc(C(=O)O)c(C)o2)ncn1. The van der Waals surface area contributed by atoms with Crippen LogP contribution in [0.15, 0.2) is 22.9 Å². The Hall–Kier alpha value is -2.57. The van der Waals surface area contributed by atoms with E-state index in [0.717, 1.165) is 0 Å². The van der Waals surface area contributed by atoms with Crippen LogP contribution in [0.2, 0.25) is 0 Å². The van der Waals surface area contributed by atoms with Gasteiger partial charge in [-0.1, -0.05) is 0 Å². The zero-order chi connectivity index (χ0) is 13.8. The number of rotatable bonds is 5. The lowest BCUT2D eigenvalue weighted by Gasteiger charge is -2.04. The minimum absolute atomic E-state index is 0.164. The van der Waals surface area contributed by atoms with E-state index in [1.54, 1.807) is 13.0 Å². The highest BCUT2D eigenvalue weighted by atomic mass is 16.5. The van der Waals surface area contributed by atoms with E-state index in [1.807, 2.05) is 0 Å². The number of carbonyl (C=O) groups is 1. The molecule has 0 aliphatic rings. The van der Waals surface area contributed by atoms with Gasteiger partial charge in [-0.2, -0.15) is 0 Å². The molecule has 2 rings (SSSR count). The number of furan rings is 1. The summed E-state index contributed by atoms with van der Waals surface area (Å²) in [6.45, 7) is 1.94. The maximum Gasteiger partial charge on any atom is 0.339 e. The molecule has 0 spiro atoms. The lowest BCUT2D eigenvalue weighted by molar-refractivity contribution is 0.0695. The van der Waals surface area contributed by atoms with E-state index < -0.39 is 5.97 Å². The summed E-state index contributed by atoms with van der Waals surface area (Å²) >= 11 is 0. The number of aromatic carboxylic acids is 1. The number of aryl methyl sites for hydroxylation is 1. The van der Waals surface area contributed by atoms with Crippen LogP contribution in [-0.4, -0.2) is 28.2 Å². The molecule has 2 aromatic heterocycles. The van der Waals surface area contributed by atoms with Crippen molar-refractivity contribution in [3.63, 3.8) is 0 Å². The summed E-state index contributed by atoms with van der Waals surface area (Å²) in [6.07, 6.45) is 1.37. The van der Waals surface area contributed by atoms with Crippen molar-refractivity contribution < 1.29 is 19.1 Å². The quantitative estimate of drug-likeness (QED) is 0.847. The minimum atomic E-state index is -1.00. The maximum absolute atomic E-state index is 10.9. The maximum atomic E-state index is 10.9. The molecular weight excluding hydrogens is 250 g/mol. The largest absolute Gasteiger partial charge is 0.481 e. The van der Waals surface area contributed by atoms with Crippen molar-refractivity contribution in [1.82, 2.24) is 9.97 Å². The van der Waals surface area contributed by atoms with E-state index in [9.17, 15) is 4.79 Å². The van der Waals surface area contributed by atoms with Crippen molar-refractivity contribution in [2.45, 2.75) is 13.5 Å². The van der Waals surface area contributed by atoms with Crippen molar-refractivity contribution in [3.8, 4) is 5.88 Å². The van der Waals surface area contributed by atoms with E-state index >= 15 is 0 Å². The standard InChI is InChI=1S/C12H13N3O4/c1-7-9(12(16)17)3-8(19-7)5-13-10-4-11(18-2)15-6-14-10/h3-4,6H,5H2,1-2H3,(H,16,17)(H,13,14,15). The monoisotopic (exact) mass is 263 g/mol. The van der Waals surface area contributed by atoms with Gasteiger partial charge in [0.05, 0.1) is 13.7 Å². The Labute approximate surface area is 109 Å². The van der Waals surface area contributed by atoms with Crippen molar-refractivity contribution >= 4 is 11.8 Å². The van der Waals surface area contributed by atoms with Crippen molar-refractivity contribution in [2.24, 2.45) is 0 Å². The van der Waals surface area contributed by atoms with Crippen LogP contribution in [0.5, 0.6) is 5.88 Å². The lowest BCUT2D eigenvalue weighted by Crippen LogP contribution is -2.01. The molecule has 0 saturated heterocycles. The van der Waals surface area contributed by atoms with Crippen LogP contribution in [0.1, 0.15) is 21.9 Å². The van der Waals surface area contributed by atoms with Gasteiger partial charge in [-0.25, -0.2) is 14.8 Å². The molecule has 2 heterocycles. The summed E-state index contributed by atoms with van der Waals surface area (Å²) < 4.78 is 10.3. The molecule has 0 unspecified atom stereocenters. The number of carboxylic acids is 1. The molecular formula is C12H13N3O4. The van der Waals surface area contributed by atoms with Crippen molar-refractivity contribution in [2.75, 3.05) is 12.4 Å². The number of methoxy groups -OCH3 is 1. The first-order valence-electron chi connectivity index (χ1n) is 5.52. The van der Waals surface area contributed by atoms with Crippen LogP contribution in [-0.2, 0) is 6.54 Å². The first-order valence-corrected chi connectivity index (χ1v) is 5.52. The van der Waals surface area contributed by atoms with Crippen molar-refractivity contribution in [3.05, 3.63) is 35.5 Å². The Morgan fingerprint density at radius 3 is 2.89 bits per heavy atom. The fraction of sp³-hybridized carbons (Fsp3) is 0.250. The van der Waals surface area contributed by atoms with Gasteiger partial charge in [0.1, 0.15) is 29.2 Å². The summed E-state index contributed by atoms with van der Waals surface area (Å²) in [4.78, 5) is 18.8. The zero-order valence-corrected chi connectivity index (χ0v) is 10.5. The van der Waals surface area contributed by atoms with Crippen LogP contribution >= 0.6 is 0 Å². The molecule has 0 bridgehead atoms. The number of ether oxygens (including phenoxy) is 1. The number of hydrogen-bond donors (Lipinski definition) is 2. The second-order valence-electron chi connectivity index (χ2n) is 3.79. The molecule has 0 aliphatic carbocycles. The fourth-order valence-electron chi connectivity index (χ4n) is 1.57. The molecule has 19 heavy (non-hydrogen) atoms. The van der Waals surface area contributed by atoms with Crippen LogP contribution in [0.4, 0.5) is 5.82 Å². The van der Waals surface area contributed by atoms with Gasteiger partial charge in [0.25, 0.3) is 0 Å². The van der Waals surface area contributed by atoms with Gasteiger partial charge in [-0.15, -0.1) is 0 Å². The van der Waals surface area contributed by atoms with Gasteiger partial charge in [-0.05, 0) is 13.0 Å². The number of aromatic nitrogens is 2. The highest BCUT2D eigenvalue weighted by Gasteiger charge is 2.13. The second-order valence-corrected chi connectivity index (χ2v) is 3.79. The highest BCUT2D eigenvalue weighted by Crippen LogP contribution is 2.16. The minimum Gasteiger partial charge on any atom is -0.481 e. The fourth-order valence-corrected chi connectivity index (χ4v) is 1.57. The Morgan fingerprint density at radius 2 is 2.26 bits per heavy atom. The molecule has 2 N–H and O–H groups in total. The Morgan fingerprint density at radius 1 is 1.47 bits per heavy atom. The molecule has 7 nitrogen and oxygen atoms in total. The van der Waals surface area contributed by atoms with E-state index in [2.05, 4.69) is 15.3 Å². The molecule has 100 valence electrons. The van der Waals surface area contributed by atoms with Gasteiger partial charge in [0, 0.05) is 6.07 Å². The lowest BCUT2D eigenvalue weighted by atomic mass is 10.2. The molecule has 2 aromatic rings.